The first-order valence-corrected chi connectivity index (χ1v) is 10.8. The van der Waals surface area contributed by atoms with Crippen molar-refractivity contribution in [3.63, 3.8) is 0 Å². The molecule has 1 aliphatic rings. The third kappa shape index (κ3) is 9.28. The van der Waals surface area contributed by atoms with E-state index in [0.29, 0.717) is 29.8 Å². The van der Waals surface area contributed by atoms with Crippen LogP contribution in [-0.4, -0.2) is 55.0 Å². The normalized spacial score (nSPS) is 20.9. The van der Waals surface area contributed by atoms with Gasteiger partial charge in [-0.1, -0.05) is 40.7 Å². The Hall–Kier alpha value is -1.90. The number of nitrogens with one attached hydrogen (secondary N) is 1. The molecule has 0 aliphatic carbocycles. The van der Waals surface area contributed by atoms with Gasteiger partial charge in [0.2, 0.25) is 0 Å². The number of nitrogens with zero attached hydrogens (tertiary/aromatic N) is 2. The van der Waals surface area contributed by atoms with Crippen molar-refractivity contribution in [2.75, 3.05) is 20.2 Å². The van der Waals surface area contributed by atoms with Gasteiger partial charge in [-0.3, -0.25) is 4.79 Å². The molecule has 0 spiro atoms. The van der Waals surface area contributed by atoms with E-state index in [1.54, 1.807) is 14.0 Å². The quantitative estimate of drug-likeness (QED) is 0.252. The molecular formula is C22H48N6O2. The zero-order chi connectivity index (χ0) is 22.6. The van der Waals surface area contributed by atoms with Crippen LogP contribution in [0.1, 0.15) is 68.7 Å². The zero-order valence-corrected chi connectivity index (χ0v) is 20.3. The Bertz CT molecular complexity index is 591. The highest BCUT2D eigenvalue weighted by Crippen LogP contribution is 2.19. The van der Waals surface area contributed by atoms with E-state index in [4.69, 9.17) is 16.2 Å². The number of ether oxygens (including phenoxy) is 1. The Labute approximate surface area is 185 Å². The molecule has 0 aromatic heterocycles. The molecule has 8 heteroatoms. The minimum absolute atomic E-state index is 0. The second-order valence-electron chi connectivity index (χ2n) is 7.22. The van der Waals surface area contributed by atoms with Crippen molar-refractivity contribution in [2.24, 2.45) is 16.5 Å². The number of rotatable bonds is 9. The number of allylic oxidation sites excluding steroid dienone is 2. The molecule has 3 unspecified atom stereocenters. The first kappa shape index (κ1) is 30.3. The van der Waals surface area contributed by atoms with Gasteiger partial charge in [-0.2, -0.15) is 0 Å². The van der Waals surface area contributed by atoms with Crippen LogP contribution in [0.15, 0.2) is 28.5 Å². The van der Waals surface area contributed by atoms with Gasteiger partial charge in [0.15, 0.2) is 0 Å². The van der Waals surface area contributed by atoms with Crippen LogP contribution in [0, 0.1) is 0 Å². The molecule has 1 amide bonds. The molecular weight excluding hydrogens is 380 g/mol. The van der Waals surface area contributed by atoms with Crippen molar-refractivity contribution in [3.05, 3.63) is 23.5 Å². The van der Waals surface area contributed by atoms with E-state index in [-0.39, 0.29) is 25.3 Å². The number of amides is 1. The molecule has 1 heterocycles. The molecule has 1 fully saturated rings. The van der Waals surface area contributed by atoms with E-state index in [9.17, 15) is 4.79 Å². The molecule has 3 atom stereocenters. The van der Waals surface area contributed by atoms with Crippen molar-refractivity contribution < 1.29 is 11.0 Å². The van der Waals surface area contributed by atoms with Crippen molar-refractivity contribution >= 4 is 11.7 Å². The Kier molecular flexibility index (Phi) is 16.0. The summed E-state index contributed by atoms with van der Waals surface area (Å²) in [5, 5.41) is 3.74. The SMILES string of the molecule is C=C(C(N)=O)C(=N/C(C)=C(/C)N)N1CCC(NC(CC)CCC)C(OC)C1.CC.N.[HH]. The van der Waals surface area contributed by atoms with Crippen LogP contribution in [-0.2, 0) is 9.53 Å². The minimum atomic E-state index is -0.584. The number of carbonyl (C=O) groups excluding carboxylic acids is 1. The molecule has 8 N–H and O–H groups in total. The van der Waals surface area contributed by atoms with E-state index >= 15 is 0 Å². The second kappa shape index (κ2) is 15.9. The predicted molar refractivity (Wildman–Crippen MR) is 130 cm³/mol. The Morgan fingerprint density at radius 2 is 1.93 bits per heavy atom. The number of hydrogen-bond donors (Lipinski definition) is 4. The lowest BCUT2D eigenvalue weighted by molar-refractivity contribution is -0.114. The third-order valence-corrected chi connectivity index (χ3v) is 5.15. The largest absolute Gasteiger partial charge is 0.401 e. The molecule has 1 aliphatic heterocycles. The molecule has 0 saturated carbocycles. The summed E-state index contributed by atoms with van der Waals surface area (Å²) in [6.07, 6.45) is 4.27. The molecule has 8 nitrogen and oxygen atoms in total. The van der Waals surface area contributed by atoms with Gasteiger partial charge < -0.3 is 32.6 Å². The highest BCUT2D eigenvalue weighted by molar-refractivity contribution is 6.19. The predicted octanol–water partition coefficient (Wildman–Crippen LogP) is 3.33. The topological polar surface area (TPSA) is 141 Å². The summed E-state index contributed by atoms with van der Waals surface area (Å²) in [6, 6.07) is 0.752. The monoisotopic (exact) mass is 428 g/mol. The van der Waals surface area contributed by atoms with Crippen molar-refractivity contribution in [3.8, 4) is 0 Å². The van der Waals surface area contributed by atoms with Crippen molar-refractivity contribution in [1.29, 1.82) is 0 Å². The van der Waals surface area contributed by atoms with Gasteiger partial charge in [-0.15, -0.1) is 0 Å². The van der Waals surface area contributed by atoms with Gasteiger partial charge in [0.1, 0.15) is 5.84 Å². The van der Waals surface area contributed by atoms with E-state index in [1.165, 1.54) is 0 Å². The fourth-order valence-corrected chi connectivity index (χ4v) is 3.28. The lowest BCUT2D eigenvalue weighted by atomic mass is 9.98. The maximum atomic E-state index is 11.7. The third-order valence-electron chi connectivity index (χ3n) is 5.15. The highest BCUT2D eigenvalue weighted by atomic mass is 16.5. The average molecular weight is 429 g/mol. The van der Waals surface area contributed by atoms with E-state index in [0.717, 1.165) is 32.2 Å². The minimum Gasteiger partial charge on any atom is -0.401 e. The number of nitrogens with two attached hydrogens (primary N) is 2. The summed E-state index contributed by atoms with van der Waals surface area (Å²) in [5.74, 6) is -0.106. The summed E-state index contributed by atoms with van der Waals surface area (Å²) in [5.41, 5.74) is 12.7. The number of hydrogen-bond acceptors (Lipinski definition) is 6. The van der Waals surface area contributed by atoms with Gasteiger partial charge in [0, 0.05) is 39.4 Å². The fourth-order valence-electron chi connectivity index (χ4n) is 3.28. The lowest BCUT2D eigenvalue weighted by Gasteiger charge is -2.41. The molecule has 0 bridgehead atoms. The Morgan fingerprint density at radius 3 is 2.37 bits per heavy atom. The van der Waals surface area contributed by atoms with E-state index in [2.05, 4.69) is 30.7 Å². The maximum Gasteiger partial charge on any atom is 0.251 e. The number of amidine groups is 1. The second-order valence-corrected chi connectivity index (χ2v) is 7.22. The molecule has 1 rings (SSSR count). The molecule has 30 heavy (non-hydrogen) atoms. The number of aliphatic imine (C=N–C) groups is 1. The highest BCUT2D eigenvalue weighted by Gasteiger charge is 2.33. The van der Waals surface area contributed by atoms with E-state index < -0.39 is 5.91 Å². The number of primary amides is 1. The molecule has 0 aromatic carbocycles. The Balaban J connectivity index is -0.00000190. The van der Waals surface area contributed by atoms with Gasteiger partial charge in [-0.25, -0.2) is 4.99 Å². The van der Waals surface area contributed by atoms with Crippen LogP contribution < -0.4 is 22.9 Å². The standard InChI is InChI=1S/C20H37N5O2.C2H6.H3N.H2/c1-7-9-16(8-2)24-17-10-11-25(12-18(17)27-6)20(13(3)19(22)26)23-15(5)14(4)21;1-2;;/h16-18,24H,3,7-12,21H2,1-2,4-6H3,(H2,22,26);1-2H3;1H3;1H/b15-14-,23-20?;;;. The van der Waals surface area contributed by atoms with Gasteiger partial charge >= 0.3 is 0 Å². The number of piperidine rings is 1. The molecule has 178 valence electrons. The number of likely N-dealkylation sites (tertiary alicyclic amines) is 1. The average Bonchev–Trinajstić information content (AvgIpc) is 2.72. The maximum absolute atomic E-state index is 11.7. The smallest absolute Gasteiger partial charge is 0.251 e. The van der Waals surface area contributed by atoms with Crippen LogP contribution in [0.5, 0.6) is 0 Å². The summed E-state index contributed by atoms with van der Waals surface area (Å²) in [4.78, 5) is 18.3. The zero-order valence-electron chi connectivity index (χ0n) is 20.3. The summed E-state index contributed by atoms with van der Waals surface area (Å²) < 4.78 is 5.76. The van der Waals surface area contributed by atoms with Crippen molar-refractivity contribution in [2.45, 2.75) is 85.4 Å². The summed E-state index contributed by atoms with van der Waals surface area (Å²) in [7, 11) is 1.72. The van der Waals surface area contributed by atoms with Gasteiger partial charge in [0.25, 0.3) is 5.91 Å². The number of carbonyl (C=O) groups is 1. The van der Waals surface area contributed by atoms with Crippen LogP contribution in [0.25, 0.3) is 0 Å². The Morgan fingerprint density at radius 1 is 1.33 bits per heavy atom. The van der Waals surface area contributed by atoms with E-state index in [1.807, 2.05) is 25.7 Å². The van der Waals surface area contributed by atoms with Gasteiger partial charge in [-0.05, 0) is 33.1 Å². The van der Waals surface area contributed by atoms with Gasteiger partial charge in [0.05, 0.1) is 17.4 Å². The lowest BCUT2D eigenvalue weighted by Crippen LogP contribution is -2.57. The van der Waals surface area contributed by atoms with Crippen LogP contribution in [0.4, 0.5) is 0 Å². The molecule has 1 saturated heterocycles. The van der Waals surface area contributed by atoms with Crippen LogP contribution in [0.2, 0.25) is 0 Å². The first-order valence-electron chi connectivity index (χ1n) is 10.8. The number of methoxy groups -OCH3 is 1. The summed E-state index contributed by atoms with van der Waals surface area (Å²) >= 11 is 0. The summed E-state index contributed by atoms with van der Waals surface area (Å²) in [6.45, 7) is 17.2. The van der Waals surface area contributed by atoms with Crippen molar-refractivity contribution in [1.82, 2.24) is 16.4 Å². The molecule has 0 radical (unpaired) electrons. The molecule has 0 aromatic rings. The van der Waals surface area contributed by atoms with Crippen LogP contribution >= 0.6 is 0 Å². The fraction of sp³-hybridized carbons (Fsp3) is 0.727. The first-order chi connectivity index (χ1) is 13.7. The van der Waals surface area contributed by atoms with Crippen LogP contribution in [0.3, 0.4) is 0 Å².